The van der Waals surface area contributed by atoms with Gasteiger partial charge in [-0.05, 0) is 43.5 Å². The fourth-order valence-corrected chi connectivity index (χ4v) is 4.40. The smallest absolute Gasteiger partial charge is 0.293 e. The zero-order valence-electron chi connectivity index (χ0n) is 17.7. The third-order valence-electron chi connectivity index (χ3n) is 4.89. The third kappa shape index (κ3) is 5.02. The highest BCUT2D eigenvalue weighted by Crippen LogP contribution is 2.33. The fraction of sp³-hybridized carbons (Fsp3) is 0.286. The maximum Gasteiger partial charge on any atom is 0.293 e. The topological polar surface area (TPSA) is 130 Å². The normalized spacial score (nSPS) is 12.5. The summed E-state index contributed by atoms with van der Waals surface area (Å²) in [4.78, 5) is 18.2. The number of hydrogen-bond donors (Lipinski definition) is 3. The number of anilines is 2. The molecule has 31 heavy (non-hydrogen) atoms. The number of H-pyrrole nitrogens is 1. The van der Waals surface area contributed by atoms with Gasteiger partial charge in [-0.1, -0.05) is 31.5 Å². The molecule has 0 bridgehead atoms. The largest absolute Gasteiger partial charge is 0.369 e. The van der Waals surface area contributed by atoms with E-state index in [1.807, 2.05) is 26.8 Å². The summed E-state index contributed by atoms with van der Waals surface area (Å²) in [6, 6.07) is 8.82. The van der Waals surface area contributed by atoms with E-state index in [9.17, 15) is 18.5 Å². The summed E-state index contributed by atoms with van der Waals surface area (Å²) in [7, 11) is -4.01. The first-order chi connectivity index (χ1) is 14.6. The molecule has 0 aliphatic carbocycles. The molecule has 10 heteroatoms. The summed E-state index contributed by atoms with van der Waals surface area (Å²) < 4.78 is 28.3. The Kier molecular flexibility index (Phi) is 6.30. The van der Waals surface area contributed by atoms with Crippen molar-refractivity contribution in [3.8, 4) is 0 Å². The molecule has 164 valence electrons. The number of aromatic nitrogens is 2. The van der Waals surface area contributed by atoms with Gasteiger partial charge in [-0.2, -0.15) is 0 Å². The Morgan fingerprint density at radius 2 is 1.81 bits per heavy atom. The maximum atomic E-state index is 12.9. The summed E-state index contributed by atoms with van der Waals surface area (Å²) >= 11 is 0. The summed E-state index contributed by atoms with van der Waals surface area (Å²) in [6.45, 7) is 7.62. The lowest BCUT2D eigenvalue weighted by Crippen LogP contribution is -2.19. The van der Waals surface area contributed by atoms with E-state index < -0.39 is 14.9 Å². The number of imidazole rings is 1. The molecule has 0 amide bonds. The molecule has 1 heterocycles. The van der Waals surface area contributed by atoms with E-state index >= 15 is 0 Å². The number of nitro groups is 1. The SMILES string of the molecule is Cc1ccc(NS(=O)(=O)c2ccc(NC(c3ncc[nH]3)C(C)C)c([N+](=O)[O-])c2)c(C)c1. The van der Waals surface area contributed by atoms with Crippen molar-refractivity contribution in [3.05, 3.63) is 75.9 Å². The molecular weight excluding hydrogens is 418 g/mol. The second-order valence-corrected chi connectivity index (χ2v) is 9.38. The van der Waals surface area contributed by atoms with Crippen LogP contribution in [0.1, 0.15) is 36.8 Å². The predicted molar refractivity (Wildman–Crippen MR) is 120 cm³/mol. The number of aromatic amines is 1. The van der Waals surface area contributed by atoms with Crippen LogP contribution in [0.4, 0.5) is 17.1 Å². The van der Waals surface area contributed by atoms with Crippen LogP contribution >= 0.6 is 0 Å². The second kappa shape index (κ2) is 8.76. The highest BCUT2D eigenvalue weighted by atomic mass is 32.2. The van der Waals surface area contributed by atoms with Gasteiger partial charge in [-0.15, -0.1) is 0 Å². The number of hydrogen-bond acceptors (Lipinski definition) is 6. The van der Waals surface area contributed by atoms with Gasteiger partial charge in [0, 0.05) is 18.5 Å². The second-order valence-electron chi connectivity index (χ2n) is 7.70. The van der Waals surface area contributed by atoms with Crippen LogP contribution in [-0.4, -0.2) is 23.3 Å². The number of nitro benzene ring substituents is 1. The molecular formula is C21H25N5O4S. The molecule has 3 N–H and O–H groups in total. The Labute approximate surface area is 181 Å². The molecule has 2 aromatic carbocycles. The first kappa shape index (κ1) is 22.3. The van der Waals surface area contributed by atoms with Crippen LogP contribution in [0, 0.1) is 29.9 Å². The van der Waals surface area contributed by atoms with Crippen molar-refractivity contribution in [2.24, 2.45) is 5.92 Å². The fourth-order valence-electron chi connectivity index (χ4n) is 3.25. The van der Waals surface area contributed by atoms with Crippen molar-refractivity contribution in [2.75, 3.05) is 10.0 Å². The van der Waals surface area contributed by atoms with Gasteiger partial charge in [0.1, 0.15) is 11.5 Å². The van der Waals surface area contributed by atoms with E-state index in [1.54, 1.807) is 31.5 Å². The Hall–Kier alpha value is -3.40. The van der Waals surface area contributed by atoms with Gasteiger partial charge in [0.15, 0.2) is 0 Å². The van der Waals surface area contributed by atoms with E-state index in [0.717, 1.165) is 17.2 Å². The van der Waals surface area contributed by atoms with Gasteiger partial charge < -0.3 is 10.3 Å². The number of nitrogens with zero attached hydrogens (tertiary/aromatic N) is 2. The van der Waals surface area contributed by atoms with E-state index in [4.69, 9.17) is 0 Å². The number of rotatable bonds is 8. The van der Waals surface area contributed by atoms with Crippen LogP contribution in [0.25, 0.3) is 0 Å². The number of nitrogens with one attached hydrogen (secondary N) is 3. The van der Waals surface area contributed by atoms with E-state index in [-0.39, 0.29) is 28.2 Å². The number of sulfonamides is 1. The molecule has 1 atom stereocenters. The van der Waals surface area contributed by atoms with Gasteiger partial charge >= 0.3 is 0 Å². The molecule has 9 nitrogen and oxygen atoms in total. The minimum atomic E-state index is -4.01. The minimum Gasteiger partial charge on any atom is -0.369 e. The third-order valence-corrected chi connectivity index (χ3v) is 6.26. The molecule has 0 fully saturated rings. The number of benzene rings is 2. The first-order valence-corrected chi connectivity index (χ1v) is 11.2. The standard InChI is InChI=1S/C21H25N5O4S/c1-13(2)20(21-22-9-10-23-21)24-18-8-6-16(12-19(18)26(27)28)31(29,30)25-17-7-5-14(3)11-15(17)4/h5-13,20,24-25H,1-4H3,(H,22,23). The Bertz CT molecular complexity index is 1190. The quantitative estimate of drug-likeness (QED) is 0.346. The Morgan fingerprint density at radius 3 is 2.39 bits per heavy atom. The maximum absolute atomic E-state index is 12.9. The Morgan fingerprint density at radius 1 is 1.10 bits per heavy atom. The predicted octanol–water partition coefficient (Wildman–Crippen LogP) is 4.54. The molecule has 3 rings (SSSR count). The lowest BCUT2D eigenvalue weighted by Gasteiger charge is -2.21. The zero-order chi connectivity index (χ0) is 22.8. The Balaban J connectivity index is 1.95. The number of aryl methyl sites for hydroxylation is 2. The van der Waals surface area contributed by atoms with Crippen LogP contribution in [-0.2, 0) is 10.0 Å². The average molecular weight is 444 g/mol. The molecule has 0 aliphatic heterocycles. The monoisotopic (exact) mass is 443 g/mol. The molecule has 1 unspecified atom stereocenters. The van der Waals surface area contributed by atoms with Crippen LogP contribution < -0.4 is 10.0 Å². The average Bonchev–Trinajstić information content (AvgIpc) is 3.22. The highest BCUT2D eigenvalue weighted by molar-refractivity contribution is 7.92. The lowest BCUT2D eigenvalue weighted by atomic mass is 10.0. The van der Waals surface area contributed by atoms with Crippen molar-refractivity contribution in [1.29, 1.82) is 0 Å². The van der Waals surface area contributed by atoms with Crippen LogP contribution in [0.5, 0.6) is 0 Å². The van der Waals surface area contributed by atoms with Gasteiger partial charge in [0.05, 0.1) is 21.5 Å². The molecule has 0 saturated carbocycles. The zero-order valence-corrected chi connectivity index (χ0v) is 18.5. The van der Waals surface area contributed by atoms with Crippen molar-refractivity contribution in [2.45, 2.75) is 38.6 Å². The molecule has 3 aromatic rings. The highest BCUT2D eigenvalue weighted by Gasteiger charge is 2.25. The van der Waals surface area contributed by atoms with E-state index in [2.05, 4.69) is 20.0 Å². The van der Waals surface area contributed by atoms with Crippen LogP contribution in [0.2, 0.25) is 0 Å². The summed E-state index contributed by atoms with van der Waals surface area (Å²) in [5, 5.41) is 14.8. The van der Waals surface area contributed by atoms with Crippen LogP contribution in [0.3, 0.4) is 0 Å². The summed E-state index contributed by atoms with van der Waals surface area (Å²) in [5.41, 5.74) is 2.07. The van der Waals surface area contributed by atoms with E-state index in [1.165, 1.54) is 12.1 Å². The van der Waals surface area contributed by atoms with Crippen molar-refractivity contribution in [3.63, 3.8) is 0 Å². The van der Waals surface area contributed by atoms with Gasteiger partial charge in [-0.25, -0.2) is 13.4 Å². The minimum absolute atomic E-state index is 0.0698. The van der Waals surface area contributed by atoms with Crippen molar-refractivity contribution < 1.29 is 13.3 Å². The summed E-state index contributed by atoms with van der Waals surface area (Å²) in [5.74, 6) is 0.706. The lowest BCUT2D eigenvalue weighted by molar-refractivity contribution is -0.384. The van der Waals surface area contributed by atoms with Crippen LogP contribution in [0.15, 0.2) is 53.7 Å². The van der Waals surface area contributed by atoms with Crippen molar-refractivity contribution >= 4 is 27.1 Å². The molecule has 0 aliphatic rings. The van der Waals surface area contributed by atoms with Gasteiger partial charge in [-0.3, -0.25) is 14.8 Å². The van der Waals surface area contributed by atoms with Crippen molar-refractivity contribution in [1.82, 2.24) is 9.97 Å². The summed E-state index contributed by atoms with van der Waals surface area (Å²) in [6.07, 6.45) is 3.28. The molecule has 0 spiro atoms. The van der Waals surface area contributed by atoms with Gasteiger partial charge in [0.25, 0.3) is 15.7 Å². The first-order valence-electron chi connectivity index (χ1n) is 9.73. The molecule has 0 radical (unpaired) electrons. The molecule has 0 saturated heterocycles. The van der Waals surface area contributed by atoms with E-state index in [0.29, 0.717) is 11.5 Å². The van der Waals surface area contributed by atoms with Gasteiger partial charge in [0.2, 0.25) is 0 Å². The molecule has 1 aromatic heterocycles.